The van der Waals surface area contributed by atoms with Crippen molar-refractivity contribution in [2.75, 3.05) is 31.1 Å². The highest BCUT2D eigenvalue weighted by atomic mass is 32.1. The minimum absolute atomic E-state index is 0.0927. The number of benzene rings is 2. The monoisotopic (exact) mass is 422 g/mol. The lowest BCUT2D eigenvalue weighted by Crippen LogP contribution is -2.49. The number of carbonyl (C=O) groups is 1. The number of piperazine rings is 1. The van der Waals surface area contributed by atoms with Crippen molar-refractivity contribution in [1.29, 1.82) is 0 Å². The number of para-hydroxylation sites is 2. The molecule has 1 aromatic heterocycles. The summed E-state index contributed by atoms with van der Waals surface area (Å²) in [5.41, 5.74) is 3.42. The fourth-order valence-electron chi connectivity index (χ4n) is 3.59. The molecule has 154 valence electrons. The summed E-state index contributed by atoms with van der Waals surface area (Å²) < 4.78 is 0. The van der Waals surface area contributed by atoms with Crippen molar-refractivity contribution in [2.24, 2.45) is 0 Å². The predicted molar refractivity (Wildman–Crippen MR) is 118 cm³/mol. The number of hydrogen-bond acceptors (Lipinski definition) is 6. The second-order valence-corrected chi connectivity index (χ2v) is 7.97. The zero-order valence-corrected chi connectivity index (χ0v) is 17.5. The molecule has 7 nitrogen and oxygen atoms in total. The summed E-state index contributed by atoms with van der Waals surface area (Å²) in [6, 6.07) is 15.0. The topological polar surface area (TPSA) is 79.6 Å². The van der Waals surface area contributed by atoms with Crippen LogP contribution in [0, 0.1) is 10.1 Å². The van der Waals surface area contributed by atoms with Crippen molar-refractivity contribution in [3.05, 3.63) is 75.3 Å². The second-order valence-electron chi connectivity index (χ2n) is 7.11. The standard InChI is InChI=1S/C22H22N4O3S/c1-2-16-7-9-17(10-8-16)21-23-18(15-30-21)22(27)25-13-11-24(12-14-25)19-5-3-4-6-20(19)26(28)29/h3-10,15H,2,11-14H2,1H3. The number of amides is 1. The quantitative estimate of drug-likeness (QED) is 0.454. The summed E-state index contributed by atoms with van der Waals surface area (Å²) in [5.74, 6) is -0.0927. The Bertz CT molecular complexity index is 1060. The lowest BCUT2D eigenvalue weighted by Gasteiger charge is -2.35. The number of aryl methyl sites for hydroxylation is 1. The molecular weight excluding hydrogens is 400 g/mol. The van der Waals surface area contributed by atoms with E-state index in [1.807, 2.05) is 17.0 Å². The number of carbonyl (C=O) groups excluding carboxylic acids is 1. The first-order valence-electron chi connectivity index (χ1n) is 9.89. The summed E-state index contributed by atoms with van der Waals surface area (Å²) in [6.07, 6.45) is 0.986. The van der Waals surface area contributed by atoms with Crippen LogP contribution in [0.3, 0.4) is 0 Å². The maximum Gasteiger partial charge on any atom is 0.292 e. The first-order chi connectivity index (χ1) is 14.6. The van der Waals surface area contributed by atoms with E-state index in [2.05, 4.69) is 24.0 Å². The van der Waals surface area contributed by atoms with Gasteiger partial charge in [0.1, 0.15) is 16.4 Å². The number of nitrogens with zero attached hydrogens (tertiary/aromatic N) is 4. The van der Waals surface area contributed by atoms with E-state index in [1.165, 1.54) is 23.0 Å². The normalized spacial score (nSPS) is 14.0. The van der Waals surface area contributed by atoms with Crippen molar-refractivity contribution in [1.82, 2.24) is 9.88 Å². The molecule has 1 aliphatic heterocycles. The fourth-order valence-corrected chi connectivity index (χ4v) is 4.39. The molecule has 0 N–H and O–H groups in total. The van der Waals surface area contributed by atoms with E-state index in [-0.39, 0.29) is 16.5 Å². The van der Waals surface area contributed by atoms with Crippen LogP contribution in [-0.4, -0.2) is 46.9 Å². The number of thiazole rings is 1. The number of aromatic nitrogens is 1. The molecule has 0 aliphatic carbocycles. The predicted octanol–water partition coefficient (Wildman–Crippen LogP) is 4.24. The van der Waals surface area contributed by atoms with Crippen molar-refractivity contribution in [3.63, 3.8) is 0 Å². The summed E-state index contributed by atoms with van der Waals surface area (Å²) in [4.78, 5) is 32.1. The van der Waals surface area contributed by atoms with Crippen LogP contribution in [0.5, 0.6) is 0 Å². The number of nitro benzene ring substituents is 1. The second kappa shape index (κ2) is 8.62. The molecule has 3 aromatic rings. The zero-order chi connectivity index (χ0) is 21.1. The molecule has 0 unspecified atom stereocenters. The molecule has 1 amide bonds. The Hall–Kier alpha value is -3.26. The van der Waals surface area contributed by atoms with Gasteiger partial charge in [0.05, 0.1) is 4.92 Å². The minimum Gasteiger partial charge on any atom is -0.362 e. The smallest absolute Gasteiger partial charge is 0.292 e. The van der Waals surface area contributed by atoms with E-state index >= 15 is 0 Å². The SMILES string of the molecule is CCc1ccc(-c2nc(C(=O)N3CCN(c4ccccc4[N+](=O)[O-])CC3)cs2)cc1. The first-order valence-corrected chi connectivity index (χ1v) is 10.8. The van der Waals surface area contributed by atoms with Crippen LogP contribution < -0.4 is 4.90 Å². The zero-order valence-electron chi connectivity index (χ0n) is 16.7. The highest BCUT2D eigenvalue weighted by Crippen LogP contribution is 2.29. The molecule has 2 aromatic carbocycles. The molecule has 0 spiro atoms. The van der Waals surface area contributed by atoms with Gasteiger partial charge in [0.15, 0.2) is 0 Å². The molecule has 0 radical (unpaired) electrons. The summed E-state index contributed by atoms with van der Waals surface area (Å²) >= 11 is 1.47. The Balaban J connectivity index is 1.42. The molecule has 1 saturated heterocycles. The van der Waals surface area contributed by atoms with Crippen LogP contribution in [0.4, 0.5) is 11.4 Å². The van der Waals surface area contributed by atoms with Gasteiger partial charge < -0.3 is 9.80 Å². The molecule has 0 saturated carbocycles. The van der Waals surface area contributed by atoms with E-state index in [1.54, 1.807) is 28.5 Å². The molecule has 4 rings (SSSR count). The molecule has 1 fully saturated rings. The largest absolute Gasteiger partial charge is 0.362 e. The van der Waals surface area contributed by atoms with Gasteiger partial charge in [0.25, 0.3) is 11.6 Å². The average molecular weight is 423 g/mol. The average Bonchev–Trinajstić information content (AvgIpc) is 3.29. The van der Waals surface area contributed by atoms with Gasteiger partial charge in [-0.05, 0) is 18.1 Å². The number of anilines is 1. The van der Waals surface area contributed by atoms with E-state index < -0.39 is 0 Å². The van der Waals surface area contributed by atoms with E-state index in [0.717, 1.165) is 17.0 Å². The highest BCUT2D eigenvalue weighted by Gasteiger charge is 2.27. The van der Waals surface area contributed by atoms with E-state index in [9.17, 15) is 14.9 Å². The van der Waals surface area contributed by atoms with Gasteiger partial charge in [0.2, 0.25) is 0 Å². The molecule has 0 atom stereocenters. The van der Waals surface area contributed by atoms with Gasteiger partial charge in [-0.3, -0.25) is 14.9 Å². The Morgan fingerprint density at radius 3 is 2.47 bits per heavy atom. The highest BCUT2D eigenvalue weighted by molar-refractivity contribution is 7.13. The molecule has 8 heteroatoms. The van der Waals surface area contributed by atoms with Crippen molar-refractivity contribution in [3.8, 4) is 10.6 Å². The Morgan fingerprint density at radius 2 is 1.80 bits per heavy atom. The van der Waals surface area contributed by atoms with Gasteiger partial charge >= 0.3 is 0 Å². The Morgan fingerprint density at radius 1 is 1.10 bits per heavy atom. The van der Waals surface area contributed by atoms with Crippen LogP contribution in [0.25, 0.3) is 10.6 Å². The molecular formula is C22H22N4O3S. The maximum absolute atomic E-state index is 12.9. The number of hydrogen-bond donors (Lipinski definition) is 0. The van der Waals surface area contributed by atoms with Gasteiger partial charge in [-0.25, -0.2) is 4.98 Å². The third-order valence-electron chi connectivity index (χ3n) is 5.32. The van der Waals surface area contributed by atoms with Crippen LogP contribution in [0.15, 0.2) is 53.9 Å². The van der Waals surface area contributed by atoms with Crippen LogP contribution >= 0.6 is 11.3 Å². The molecule has 2 heterocycles. The third kappa shape index (κ3) is 4.04. The van der Waals surface area contributed by atoms with Crippen molar-refractivity contribution < 1.29 is 9.72 Å². The number of rotatable bonds is 5. The van der Waals surface area contributed by atoms with Crippen LogP contribution in [-0.2, 0) is 6.42 Å². The van der Waals surface area contributed by atoms with Gasteiger partial charge in [-0.15, -0.1) is 11.3 Å². The van der Waals surface area contributed by atoms with Crippen LogP contribution in [0.2, 0.25) is 0 Å². The Labute approximate surface area is 178 Å². The molecule has 0 bridgehead atoms. The summed E-state index contributed by atoms with van der Waals surface area (Å²) in [7, 11) is 0. The van der Waals surface area contributed by atoms with Crippen molar-refractivity contribution in [2.45, 2.75) is 13.3 Å². The first kappa shape index (κ1) is 20.0. The fraction of sp³-hybridized carbons (Fsp3) is 0.273. The van der Waals surface area contributed by atoms with E-state index in [0.29, 0.717) is 37.6 Å². The van der Waals surface area contributed by atoms with Crippen LogP contribution in [0.1, 0.15) is 23.0 Å². The van der Waals surface area contributed by atoms with Crippen molar-refractivity contribution >= 4 is 28.6 Å². The van der Waals surface area contributed by atoms with E-state index in [4.69, 9.17) is 0 Å². The molecule has 1 aliphatic rings. The maximum atomic E-state index is 12.9. The van der Waals surface area contributed by atoms with Gasteiger partial charge in [0, 0.05) is 43.2 Å². The lowest BCUT2D eigenvalue weighted by molar-refractivity contribution is -0.384. The van der Waals surface area contributed by atoms with Gasteiger partial charge in [-0.1, -0.05) is 43.3 Å². The van der Waals surface area contributed by atoms with Gasteiger partial charge in [-0.2, -0.15) is 0 Å². The summed E-state index contributed by atoms with van der Waals surface area (Å²) in [5, 5.41) is 13.9. The minimum atomic E-state index is -0.364. The third-order valence-corrected chi connectivity index (χ3v) is 6.21. The summed E-state index contributed by atoms with van der Waals surface area (Å²) in [6.45, 7) is 4.22. The molecule has 30 heavy (non-hydrogen) atoms. The Kier molecular flexibility index (Phi) is 5.76. The number of nitro groups is 1. The lowest BCUT2D eigenvalue weighted by atomic mass is 10.1.